The molecule has 0 atom stereocenters. The topological polar surface area (TPSA) is 46.5 Å². The number of ether oxygens (including phenoxy) is 1. The van der Waals surface area contributed by atoms with E-state index in [0.29, 0.717) is 6.61 Å². The number of rotatable bonds is 3. The molecule has 0 amide bonds. The van der Waals surface area contributed by atoms with Crippen LogP contribution in [-0.2, 0) is 4.74 Å². The van der Waals surface area contributed by atoms with Gasteiger partial charge in [-0.1, -0.05) is 13.3 Å². The maximum atomic E-state index is 9.65. The van der Waals surface area contributed by atoms with Gasteiger partial charge in [-0.05, 0) is 6.42 Å². The van der Waals surface area contributed by atoms with E-state index in [0.717, 1.165) is 12.8 Å². The molecule has 0 saturated carbocycles. The number of hydrogen-bond donors (Lipinski definition) is 1. The predicted octanol–water partition coefficient (Wildman–Crippen LogP) is 0.184. The number of unbranched alkanes of at least 4 members (excludes halogenated alkanes) is 1. The molecule has 0 aromatic heterocycles. The molecule has 0 rings (SSSR count). The zero-order valence-electron chi connectivity index (χ0n) is 4.89. The summed E-state index contributed by atoms with van der Waals surface area (Å²) in [5, 5.41) is 7.92. The van der Waals surface area contributed by atoms with Crippen LogP contribution in [0.15, 0.2) is 0 Å². The summed E-state index contributed by atoms with van der Waals surface area (Å²) >= 11 is 0. The molecule has 0 aromatic rings. The van der Waals surface area contributed by atoms with Gasteiger partial charge in [-0.3, -0.25) is 0 Å². The second-order valence-electron chi connectivity index (χ2n) is 1.47. The summed E-state index contributed by atoms with van der Waals surface area (Å²) < 4.78 is 4.20. The zero-order valence-corrected chi connectivity index (χ0v) is 4.89. The van der Waals surface area contributed by atoms with Gasteiger partial charge in [0.25, 0.3) is 0 Å². The van der Waals surface area contributed by atoms with Gasteiger partial charge < -0.3 is 9.84 Å². The molecule has 0 aliphatic heterocycles. The van der Waals surface area contributed by atoms with Gasteiger partial charge in [-0.15, -0.1) is 0 Å². The minimum absolute atomic E-state index is 0. The Morgan fingerprint density at radius 3 is 2.30 bits per heavy atom. The van der Waals surface area contributed by atoms with Gasteiger partial charge in [-0.25, -0.2) is 4.79 Å². The first-order chi connectivity index (χ1) is 3.77. The molecule has 0 unspecified atom stereocenters. The fourth-order valence-electron chi connectivity index (χ4n) is 0.304. The average molecular weight is 166 g/mol. The van der Waals surface area contributed by atoms with Crippen LogP contribution in [0.5, 0.6) is 0 Å². The van der Waals surface area contributed by atoms with E-state index in [1.54, 1.807) is 0 Å². The van der Waals surface area contributed by atoms with Crippen LogP contribution >= 0.6 is 0 Å². The van der Waals surface area contributed by atoms with Crippen molar-refractivity contribution < 1.29 is 14.6 Å². The molecule has 0 aliphatic carbocycles. The van der Waals surface area contributed by atoms with Crippen LogP contribution in [0.4, 0.5) is 4.79 Å². The molecule has 0 spiro atoms. The summed E-state index contributed by atoms with van der Waals surface area (Å²) in [6.07, 6.45) is 0.595. The molecule has 0 aliphatic rings. The first kappa shape index (κ1) is 17.4. The summed E-state index contributed by atoms with van der Waals surface area (Å²) in [6, 6.07) is 0. The number of carboxylic acid groups (broad SMARTS) is 1. The van der Waals surface area contributed by atoms with Gasteiger partial charge in [0, 0.05) is 0 Å². The summed E-state index contributed by atoms with van der Waals surface area (Å²) in [4.78, 5) is 9.65. The van der Waals surface area contributed by atoms with E-state index in [9.17, 15) is 4.79 Å². The van der Waals surface area contributed by atoms with Crippen LogP contribution < -0.4 is 0 Å². The van der Waals surface area contributed by atoms with Crippen LogP contribution in [0.1, 0.15) is 19.8 Å². The van der Waals surface area contributed by atoms with Gasteiger partial charge >= 0.3 is 65.3 Å². The SMILES string of the molecule is CCCCOC(=O)O.[NaH].[NaH]. The summed E-state index contributed by atoms with van der Waals surface area (Å²) in [7, 11) is 0. The van der Waals surface area contributed by atoms with Gasteiger partial charge in [0.1, 0.15) is 0 Å². The monoisotopic (exact) mass is 166 g/mol. The van der Waals surface area contributed by atoms with Gasteiger partial charge in [0.2, 0.25) is 0 Å². The van der Waals surface area contributed by atoms with Crippen molar-refractivity contribution in [3.05, 3.63) is 0 Å². The van der Waals surface area contributed by atoms with E-state index in [1.807, 2.05) is 6.92 Å². The molecule has 10 heavy (non-hydrogen) atoms. The molecule has 52 valence electrons. The van der Waals surface area contributed by atoms with Gasteiger partial charge in [0.15, 0.2) is 0 Å². The first-order valence-electron chi connectivity index (χ1n) is 2.63. The Bertz CT molecular complexity index is 77.3. The van der Waals surface area contributed by atoms with Crippen molar-refractivity contribution in [2.24, 2.45) is 0 Å². The minimum atomic E-state index is -1.18. The zero-order chi connectivity index (χ0) is 6.41. The third kappa shape index (κ3) is 16.1. The third-order valence-corrected chi connectivity index (χ3v) is 0.723. The molecular formula is C5H12Na2O3. The standard InChI is InChI=1S/C5H10O3.2Na.2H/c1-2-3-4-8-5(6)7;;;;/h2-4H2,1H3,(H,6,7);;;;. The van der Waals surface area contributed by atoms with Crippen LogP contribution in [0, 0.1) is 0 Å². The van der Waals surface area contributed by atoms with Crippen molar-refractivity contribution in [3.8, 4) is 0 Å². The Labute approximate surface area is 105 Å². The number of carbonyl (C=O) groups is 1. The quantitative estimate of drug-likeness (QED) is 0.369. The predicted molar refractivity (Wildman–Crippen MR) is 43.2 cm³/mol. The molecule has 1 N–H and O–H groups in total. The average Bonchev–Trinajstić information content (AvgIpc) is 1.66. The van der Waals surface area contributed by atoms with Crippen molar-refractivity contribution in [1.29, 1.82) is 0 Å². The normalized spacial score (nSPS) is 6.90. The molecule has 0 heterocycles. The van der Waals surface area contributed by atoms with E-state index in [1.165, 1.54) is 0 Å². The first-order valence-corrected chi connectivity index (χ1v) is 2.63. The maximum absolute atomic E-state index is 9.65. The summed E-state index contributed by atoms with van der Waals surface area (Å²) in [5.74, 6) is 0. The molecular weight excluding hydrogens is 154 g/mol. The van der Waals surface area contributed by atoms with Crippen LogP contribution in [-0.4, -0.2) is 77.0 Å². The van der Waals surface area contributed by atoms with Crippen molar-refractivity contribution in [1.82, 2.24) is 0 Å². The number of hydrogen-bond acceptors (Lipinski definition) is 2. The van der Waals surface area contributed by atoms with Crippen LogP contribution in [0.3, 0.4) is 0 Å². The molecule has 0 bridgehead atoms. The van der Waals surface area contributed by atoms with E-state index in [2.05, 4.69) is 4.74 Å². The van der Waals surface area contributed by atoms with Crippen molar-refractivity contribution in [2.45, 2.75) is 19.8 Å². The van der Waals surface area contributed by atoms with E-state index in [-0.39, 0.29) is 59.1 Å². The Morgan fingerprint density at radius 2 is 2.00 bits per heavy atom. The second kappa shape index (κ2) is 12.9. The Morgan fingerprint density at radius 1 is 1.50 bits per heavy atom. The molecule has 0 fully saturated rings. The van der Waals surface area contributed by atoms with Gasteiger partial charge in [0.05, 0.1) is 6.61 Å². The van der Waals surface area contributed by atoms with Crippen molar-refractivity contribution in [2.75, 3.05) is 6.61 Å². The molecule has 0 saturated heterocycles. The Hall–Kier alpha value is 1.27. The fraction of sp³-hybridized carbons (Fsp3) is 0.800. The van der Waals surface area contributed by atoms with Crippen molar-refractivity contribution >= 4 is 65.3 Å². The Balaban J connectivity index is -0.000000245. The summed E-state index contributed by atoms with van der Waals surface area (Å²) in [6.45, 7) is 2.30. The van der Waals surface area contributed by atoms with Crippen LogP contribution in [0.25, 0.3) is 0 Å². The van der Waals surface area contributed by atoms with Crippen molar-refractivity contribution in [3.63, 3.8) is 0 Å². The Kier molecular flexibility index (Phi) is 22.4. The van der Waals surface area contributed by atoms with Gasteiger partial charge in [-0.2, -0.15) is 0 Å². The van der Waals surface area contributed by atoms with E-state index in [4.69, 9.17) is 5.11 Å². The summed E-state index contributed by atoms with van der Waals surface area (Å²) in [5.41, 5.74) is 0. The third-order valence-electron chi connectivity index (χ3n) is 0.723. The van der Waals surface area contributed by atoms with E-state index >= 15 is 0 Å². The van der Waals surface area contributed by atoms with E-state index < -0.39 is 6.16 Å². The molecule has 5 heteroatoms. The molecule has 0 radical (unpaired) electrons. The fourth-order valence-corrected chi connectivity index (χ4v) is 0.304. The molecule has 3 nitrogen and oxygen atoms in total. The second-order valence-corrected chi connectivity index (χ2v) is 1.47. The van der Waals surface area contributed by atoms with Crippen LogP contribution in [0.2, 0.25) is 0 Å². The molecule has 0 aromatic carbocycles.